The molecule has 0 bridgehead atoms. The van der Waals surface area contributed by atoms with E-state index in [1.54, 1.807) is 16.3 Å². The Balaban J connectivity index is 1.47. The number of hydrogen-bond acceptors (Lipinski definition) is 4. The topological polar surface area (TPSA) is 44.1 Å². The third-order valence-corrected chi connectivity index (χ3v) is 6.60. The van der Waals surface area contributed by atoms with Crippen LogP contribution in [0, 0.1) is 0 Å². The van der Waals surface area contributed by atoms with Crippen LogP contribution in [0.2, 0.25) is 0 Å². The SMILES string of the molecule is CCc1ccc(-n2c(SCc3cccc(Oc4ccccc4)c3)nc3ccccc3c2=O)cc1. The molecule has 0 spiro atoms. The highest BCUT2D eigenvalue weighted by atomic mass is 32.2. The minimum atomic E-state index is -0.0569. The average molecular weight is 465 g/mol. The first-order chi connectivity index (χ1) is 16.7. The molecule has 0 aliphatic rings. The van der Waals surface area contributed by atoms with Crippen LogP contribution in [0.1, 0.15) is 18.1 Å². The minimum Gasteiger partial charge on any atom is -0.457 e. The summed E-state index contributed by atoms with van der Waals surface area (Å²) in [5.74, 6) is 2.24. The van der Waals surface area contributed by atoms with E-state index < -0.39 is 0 Å². The fourth-order valence-corrected chi connectivity index (χ4v) is 4.74. The van der Waals surface area contributed by atoms with Gasteiger partial charge in [0.25, 0.3) is 5.56 Å². The van der Waals surface area contributed by atoms with Gasteiger partial charge in [0, 0.05) is 5.75 Å². The molecule has 0 fully saturated rings. The number of nitrogens with zero attached hydrogens (tertiary/aromatic N) is 2. The Morgan fingerprint density at radius 2 is 1.53 bits per heavy atom. The highest BCUT2D eigenvalue weighted by molar-refractivity contribution is 7.98. The van der Waals surface area contributed by atoms with E-state index in [0.29, 0.717) is 21.8 Å². The van der Waals surface area contributed by atoms with Crippen molar-refractivity contribution in [3.05, 3.63) is 125 Å². The largest absolute Gasteiger partial charge is 0.457 e. The summed E-state index contributed by atoms with van der Waals surface area (Å²) in [7, 11) is 0. The third kappa shape index (κ3) is 4.75. The summed E-state index contributed by atoms with van der Waals surface area (Å²) in [6.45, 7) is 2.12. The van der Waals surface area contributed by atoms with Gasteiger partial charge in [-0.2, -0.15) is 0 Å². The lowest BCUT2D eigenvalue weighted by Crippen LogP contribution is -2.21. The normalized spacial score (nSPS) is 11.0. The van der Waals surface area contributed by atoms with Crippen LogP contribution in [0.3, 0.4) is 0 Å². The Kier molecular flexibility index (Phi) is 6.45. The summed E-state index contributed by atoms with van der Waals surface area (Å²) in [4.78, 5) is 18.3. The Morgan fingerprint density at radius 3 is 2.32 bits per heavy atom. The van der Waals surface area contributed by atoms with Crippen LogP contribution >= 0.6 is 11.8 Å². The molecule has 1 heterocycles. The molecule has 4 nitrogen and oxygen atoms in total. The molecule has 0 radical (unpaired) electrons. The van der Waals surface area contributed by atoms with E-state index in [0.717, 1.165) is 29.2 Å². The van der Waals surface area contributed by atoms with Gasteiger partial charge in [0.05, 0.1) is 16.6 Å². The van der Waals surface area contributed by atoms with Gasteiger partial charge in [0.15, 0.2) is 5.16 Å². The van der Waals surface area contributed by atoms with Crippen LogP contribution in [0.5, 0.6) is 11.5 Å². The molecule has 0 aliphatic heterocycles. The maximum absolute atomic E-state index is 13.5. The van der Waals surface area contributed by atoms with Gasteiger partial charge in [-0.25, -0.2) is 4.98 Å². The zero-order chi connectivity index (χ0) is 23.3. The summed E-state index contributed by atoms with van der Waals surface area (Å²) >= 11 is 1.55. The van der Waals surface area contributed by atoms with Crippen molar-refractivity contribution in [3.63, 3.8) is 0 Å². The minimum absolute atomic E-state index is 0.0569. The number of benzene rings is 4. The average Bonchev–Trinajstić information content (AvgIpc) is 2.89. The van der Waals surface area contributed by atoms with E-state index in [9.17, 15) is 4.79 Å². The van der Waals surface area contributed by atoms with Crippen molar-refractivity contribution in [3.8, 4) is 17.2 Å². The number of para-hydroxylation sites is 2. The zero-order valence-electron chi connectivity index (χ0n) is 18.8. The van der Waals surface area contributed by atoms with Crippen LogP contribution in [0.15, 0.2) is 113 Å². The summed E-state index contributed by atoms with van der Waals surface area (Å²) < 4.78 is 7.70. The number of aromatic nitrogens is 2. The quantitative estimate of drug-likeness (QED) is 0.192. The molecule has 0 saturated heterocycles. The van der Waals surface area contributed by atoms with Crippen LogP contribution < -0.4 is 10.3 Å². The molecule has 0 saturated carbocycles. The van der Waals surface area contributed by atoms with Gasteiger partial charge in [-0.15, -0.1) is 0 Å². The maximum Gasteiger partial charge on any atom is 0.266 e. The number of hydrogen-bond donors (Lipinski definition) is 0. The van der Waals surface area contributed by atoms with Crippen molar-refractivity contribution in [1.82, 2.24) is 9.55 Å². The van der Waals surface area contributed by atoms with Crippen molar-refractivity contribution in [2.24, 2.45) is 0 Å². The van der Waals surface area contributed by atoms with Crippen LogP contribution in [-0.4, -0.2) is 9.55 Å². The fraction of sp³-hybridized carbons (Fsp3) is 0.103. The molecule has 0 unspecified atom stereocenters. The fourth-order valence-electron chi connectivity index (χ4n) is 3.79. The van der Waals surface area contributed by atoms with Crippen LogP contribution in [0.25, 0.3) is 16.6 Å². The highest BCUT2D eigenvalue weighted by Gasteiger charge is 2.14. The molecular formula is C29H24N2O2S. The molecule has 34 heavy (non-hydrogen) atoms. The lowest BCUT2D eigenvalue weighted by molar-refractivity contribution is 0.482. The Hall–Kier alpha value is -3.83. The van der Waals surface area contributed by atoms with E-state index in [1.807, 2.05) is 84.9 Å². The summed E-state index contributed by atoms with van der Waals surface area (Å²) in [5.41, 5.74) is 3.80. The molecular weight excluding hydrogens is 440 g/mol. The number of aryl methyl sites for hydroxylation is 1. The highest BCUT2D eigenvalue weighted by Crippen LogP contribution is 2.28. The second-order valence-electron chi connectivity index (χ2n) is 7.92. The van der Waals surface area contributed by atoms with Gasteiger partial charge < -0.3 is 4.74 Å². The molecule has 0 aliphatic carbocycles. The first kappa shape index (κ1) is 22.0. The number of ether oxygens (including phenoxy) is 1. The molecule has 4 aromatic carbocycles. The van der Waals surface area contributed by atoms with Crippen molar-refractivity contribution in [2.45, 2.75) is 24.3 Å². The van der Waals surface area contributed by atoms with E-state index in [2.05, 4.69) is 25.1 Å². The lowest BCUT2D eigenvalue weighted by atomic mass is 10.1. The Morgan fingerprint density at radius 1 is 0.794 bits per heavy atom. The Labute approximate surface area is 202 Å². The molecule has 0 atom stereocenters. The van der Waals surface area contributed by atoms with Gasteiger partial charge in [-0.1, -0.05) is 73.3 Å². The van der Waals surface area contributed by atoms with Crippen LogP contribution in [-0.2, 0) is 12.2 Å². The van der Waals surface area contributed by atoms with E-state index in [-0.39, 0.29) is 5.56 Å². The predicted molar refractivity (Wildman–Crippen MR) is 139 cm³/mol. The van der Waals surface area contributed by atoms with Gasteiger partial charge in [0.1, 0.15) is 11.5 Å². The monoisotopic (exact) mass is 464 g/mol. The van der Waals surface area contributed by atoms with Crippen molar-refractivity contribution in [1.29, 1.82) is 0 Å². The first-order valence-electron chi connectivity index (χ1n) is 11.3. The molecule has 1 aromatic heterocycles. The molecule has 5 heteroatoms. The van der Waals surface area contributed by atoms with Gasteiger partial charge in [-0.05, 0) is 66.1 Å². The second-order valence-corrected chi connectivity index (χ2v) is 8.87. The van der Waals surface area contributed by atoms with E-state index in [4.69, 9.17) is 9.72 Å². The number of rotatable bonds is 7. The first-order valence-corrected chi connectivity index (χ1v) is 12.3. The third-order valence-electron chi connectivity index (χ3n) is 5.59. The smallest absolute Gasteiger partial charge is 0.266 e. The Bertz CT molecular complexity index is 1480. The molecule has 5 rings (SSSR count). The van der Waals surface area contributed by atoms with Gasteiger partial charge >= 0.3 is 0 Å². The maximum atomic E-state index is 13.5. The summed E-state index contributed by atoms with van der Waals surface area (Å²) in [5, 5.41) is 1.28. The van der Waals surface area contributed by atoms with Crippen LogP contribution in [0.4, 0.5) is 0 Å². The number of thioether (sulfide) groups is 1. The van der Waals surface area contributed by atoms with Gasteiger partial charge in [0.2, 0.25) is 0 Å². The summed E-state index contributed by atoms with van der Waals surface area (Å²) in [6.07, 6.45) is 0.953. The van der Waals surface area contributed by atoms with Crippen molar-refractivity contribution >= 4 is 22.7 Å². The number of fused-ring (bicyclic) bond motifs is 1. The molecule has 0 amide bonds. The molecule has 168 valence electrons. The van der Waals surface area contributed by atoms with E-state index in [1.165, 1.54) is 5.56 Å². The molecule has 5 aromatic rings. The van der Waals surface area contributed by atoms with Gasteiger partial charge in [-0.3, -0.25) is 9.36 Å². The zero-order valence-corrected chi connectivity index (χ0v) is 19.7. The summed E-state index contributed by atoms with van der Waals surface area (Å²) in [6, 6.07) is 33.4. The van der Waals surface area contributed by atoms with Crippen molar-refractivity contribution in [2.75, 3.05) is 0 Å². The lowest BCUT2D eigenvalue weighted by Gasteiger charge is -2.14. The van der Waals surface area contributed by atoms with Crippen molar-refractivity contribution < 1.29 is 4.74 Å². The second kappa shape index (κ2) is 9.98. The standard InChI is InChI=1S/C29H24N2O2S/c1-2-21-15-17-23(18-16-21)31-28(32)26-13-6-7-14-27(26)30-29(31)34-20-22-9-8-12-25(19-22)33-24-10-4-3-5-11-24/h3-19H,2,20H2,1H3. The molecule has 0 N–H and O–H groups in total. The van der Waals surface area contributed by atoms with E-state index >= 15 is 0 Å². The predicted octanol–water partition coefficient (Wildman–Crippen LogP) is 7.03.